The number of nitriles is 1. The molecular formula is C21H20N6O2. The largest absolute Gasteiger partial charge is 0.342 e. The van der Waals surface area contributed by atoms with Crippen LogP contribution in [0.4, 0.5) is 0 Å². The van der Waals surface area contributed by atoms with Gasteiger partial charge in [-0.05, 0) is 18.9 Å². The van der Waals surface area contributed by atoms with Gasteiger partial charge in [-0.2, -0.15) is 5.26 Å². The molecule has 3 aliphatic rings. The number of rotatable bonds is 2. The molecule has 0 spiro atoms. The number of allylic oxidation sites excluding steroid dienone is 1. The van der Waals surface area contributed by atoms with Crippen molar-refractivity contribution in [3.63, 3.8) is 0 Å². The van der Waals surface area contributed by atoms with Gasteiger partial charge >= 0.3 is 0 Å². The number of carbonyl (C=O) groups excluding carboxylic acids is 2. The van der Waals surface area contributed by atoms with E-state index >= 15 is 0 Å². The molecule has 5 rings (SSSR count). The number of aromatic nitrogens is 3. The van der Waals surface area contributed by atoms with Crippen LogP contribution < -0.4 is 0 Å². The van der Waals surface area contributed by atoms with Crippen molar-refractivity contribution in [1.29, 1.82) is 5.26 Å². The minimum Gasteiger partial charge on any atom is -0.342 e. The Morgan fingerprint density at radius 3 is 2.97 bits per heavy atom. The molecule has 8 heteroatoms. The SMILES string of the molecule is N#CCC(=O)N1CCC(c2nc3c4c(ncc3[nH]2)C2=CCC(=O)CN2C=C4)CC1. The van der Waals surface area contributed by atoms with Crippen LogP contribution in [-0.2, 0) is 9.59 Å². The molecular weight excluding hydrogens is 368 g/mol. The molecule has 0 radical (unpaired) electrons. The second-order valence-corrected chi connectivity index (χ2v) is 7.67. The van der Waals surface area contributed by atoms with E-state index in [2.05, 4.69) is 9.97 Å². The van der Waals surface area contributed by atoms with Crippen LogP contribution in [-0.4, -0.2) is 56.1 Å². The lowest BCUT2D eigenvalue weighted by Crippen LogP contribution is -2.37. The average Bonchev–Trinajstić information content (AvgIpc) is 3.18. The maximum atomic E-state index is 11.9. The third kappa shape index (κ3) is 2.99. The number of H-pyrrole nitrogens is 1. The summed E-state index contributed by atoms with van der Waals surface area (Å²) in [5.41, 5.74) is 4.60. The van der Waals surface area contributed by atoms with Crippen molar-refractivity contribution in [2.45, 2.75) is 31.6 Å². The minimum atomic E-state index is -0.0947. The van der Waals surface area contributed by atoms with E-state index in [4.69, 9.17) is 10.2 Å². The van der Waals surface area contributed by atoms with Crippen LogP contribution in [0.2, 0.25) is 0 Å². The Kier molecular flexibility index (Phi) is 4.16. The molecule has 0 atom stereocenters. The molecule has 1 saturated heterocycles. The maximum Gasteiger partial charge on any atom is 0.236 e. The van der Waals surface area contributed by atoms with E-state index in [0.29, 0.717) is 26.1 Å². The van der Waals surface area contributed by atoms with E-state index in [1.54, 1.807) is 4.90 Å². The van der Waals surface area contributed by atoms with E-state index in [1.807, 2.05) is 35.5 Å². The summed E-state index contributed by atoms with van der Waals surface area (Å²) in [5, 5.41) is 8.71. The van der Waals surface area contributed by atoms with Gasteiger partial charge in [0.15, 0.2) is 5.78 Å². The predicted octanol–water partition coefficient (Wildman–Crippen LogP) is 2.18. The third-order valence-corrected chi connectivity index (χ3v) is 5.89. The molecule has 0 bridgehead atoms. The number of likely N-dealkylation sites (tertiary alicyclic amines) is 1. The van der Waals surface area contributed by atoms with Gasteiger partial charge in [0.25, 0.3) is 0 Å². The summed E-state index contributed by atoms with van der Waals surface area (Å²) in [6.07, 6.45) is 9.69. The first-order chi connectivity index (χ1) is 14.1. The monoisotopic (exact) mass is 388 g/mol. The average molecular weight is 388 g/mol. The molecule has 0 unspecified atom stereocenters. The molecule has 0 saturated carbocycles. The van der Waals surface area contributed by atoms with Crippen LogP contribution >= 0.6 is 0 Å². The number of fused-ring (bicyclic) bond motifs is 5. The molecule has 5 heterocycles. The first-order valence-corrected chi connectivity index (χ1v) is 9.84. The number of piperidine rings is 1. The normalized spacial score (nSPS) is 19.0. The molecule has 146 valence electrons. The summed E-state index contributed by atoms with van der Waals surface area (Å²) in [7, 11) is 0. The molecule has 2 aromatic rings. The number of Topliss-reactive ketones (excluding diaryl/α,β-unsaturated/α-hetero) is 1. The zero-order valence-corrected chi connectivity index (χ0v) is 15.9. The Morgan fingerprint density at radius 2 is 2.17 bits per heavy atom. The molecule has 3 aliphatic heterocycles. The Bertz CT molecular complexity index is 1110. The number of carbonyl (C=O) groups is 2. The van der Waals surface area contributed by atoms with Crippen molar-refractivity contribution in [2.24, 2.45) is 0 Å². The van der Waals surface area contributed by atoms with Gasteiger partial charge in [-0.3, -0.25) is 14.6 Å². The second kappa shape index (κ2) is 6.85. The summed E-state index contributed by atoms with van der Waals surface area (Å²) in [5.74, 6) is 1.28. The van der Waals surface area contributed by atoms with E-state index in [9.17, 15) is 9.59 Å². The fourth-order valence-electron chi connectivity index (χ4n) is 4.35. The molecule has 2 aromatic heterocycles. The van der Waals surface area contributed by atoms with Crippen LogP contribution in [0.3, 0.4) is 0 Å². The molecule has 1 amide bonds. The first kappa shape index (κ1) is 17.6. The summed E-state index contributed by atoms with van der Waals surface area (Å²) in [4.78, 5) is 40.3. The summed E-state index contributed by atoms with van der Waals surface area (Å²) in [6, 6.07) is 1.93. The molecule has 8 nitrogen and oxygen atoms in total. The number of ketones is 1. The smallest absolute Gasteiger partial charge is 0.236 e. The molecule has 1 fully saturated rings. The summed E-state index contributed by atoms with van der Waals surface area (Å²) in [6.45, 7) is 1.68. The number of pyridine rings is 1. The van der Waals surface area contributed by atoms with E-state index < -0.39 is 0 Å². The number of hydrogen-bond acceptors (Lipinski definition) is 6. The number of imidazole rings is 1. The van der Waals surface area contributed by atoms with Gasteiger partial charge in [0, 0.05) is 37.2 Å². The lowest BCUT2D eigenvalue weighted by molar-refractivity contribution is -0.131. The fourth-order valence-corrected chi connectivity index (χ4v) is 4.35. The van der Waals surface area contributed by atoms with Crippen molar-refractivity contribution in [2.75, 3.05) is 19.6 Å². The number of aromatic amines is 1. The van der Waals surface area contributed by atoms with E-state index in [1.165, 1.54) is 0 Å². The zero-order chi connectivity index (χ0) is 20.0. The van der Waals surface area contributed by atoms with Gasteiger partial charge in [-0.25, -0.2) is 4.98 Å². The lowest BCUT2D eigenvalue weighted by atomic mass is 9.96. The van der Waals surface area contributed by atoms with Crippen molar-refractivity contribution < 1.29 is 9.59 Å². The third-order valence-electron chi connectivity index (χ3n) is 5.89. The van der Waals surface area contributed by atoms with Gasteiger partial charge in [0.1, 0.15) is 12.2 Å². The number of hydrogen-bond donors (Lipinski definition) is 1. The highest BCUT2D eigenvalue weighted by atomic mass is 16.2. The lowest BCUT2D eigenvalue weighted by Gasteiger charge is -2.30. The van der Waals surface area contributed by atoms with Crippen LogP contribution in [0.1, 0.15) is 48.7 Å². The summed E-state index contributed by atoms with van der Waals surface area (Å²) < 4.78 is 0. The van der Waals surface area contributed by atoms with Gasteiger partial charge in [-0.1, -0.05) is 6.08 Å². The van der Waals surface area contributed by atoms with E-state index in [0.717, 1.165) is 46.7 Å². The number of nitrogens with zero attached hydrogens (tertiary/aromatic N) is 5. The highest BCUT2D eigenvalue weighted by Gasteiger charge is 2.28. The van der Waals surface area contributed by atoms with Gasteiger partial charge < -0.3 is 14.8 Å². The van der Waals surface area contributed by atoms with Gasteiger partial charge in [0.05, 0.1) is 41.2 Å². The van der Waals surface area contributed by atoms with E-state index in [-0.39, 0.29) is 24.0 Å². The predicted molar refractivity (Wildman–Crippen MR) is 106 cm³/mol. The maximum absolute atomic E-state index is 11.9. The molecule has 1 N–H and O–H groups in total. The fraction of sp³-hybridized carbons (Fsp3) is 0.381. The highest BCUT2D eigenvalue weighted by molar-refractivity contribution is 5.95. The van der Waals surface area contributed by atoms with Crippen molar-refractivity contribution in [3.8, 4) is 6.07 Å². The zero-order valence-electron chi connectivity index (χ0n) is 15.9. The van der Waals surface area contributed by atoms with Crippen LogP contribution in [0.15, 0.2) is 18.5 Å². The Hall–Kier alpha value is -3.47. The Labute approximate surface area is 167 Å². The van der Waals surface area contributed by atoms with Crippen molar-refractivity contribution in [1.82, 2.24) is 24.8 Å². The highest BCUT2D eigenvalue weighted by Crippen LogP contribution is 2.35. The molecule has 0 aromatic carbocycles. The molecule has 29 heavy (non-hydrogen) atoms. The van der Waals surface area contributed by atoms with Crippen LogP contribution in [0, 0.1) is 11.3 Å². The van der Waals surface area contributed by atoms with Crippen LogP contribution in [0.25, 0.3) is 22.8 Å². The standard InChI is InChI=1S/C21H20N6O2/c22-7-3-18(29)26-8-4-13(5-9-26)21-24-16-11-23-20-15(19(16)25-21)6-10-27-12-14(28)1-2-17(20)27/h2,6,10-11,13H,1,3-5,8-9,12H2,(H,24,25). The van der Waals surface area contributed by atoms with Crippen molar-refractivity contribution in [3.05, 3.63) is 35.6 Å². The van der Waals surface area contributed by atoms with Gasteiger partial charge in [-0.15, -0.1) is 0 Å². The Balaban J connectivity index is 1.42. The Morgan fingerprint density at radius 1 is 1.34 bits per heavy atom. The number of amides is 1. The molecule has 0 aliphatic carbocycles. The number of nitrogens with one attached hydrogen (secondary N) is 1. The van der Waals surface area contributed by atoms with Gasteiger partial charge in [0.2, 0.25) is 5.91 Å². The second-order valence-electron chi connectivity index (χ2n) is 7.67. The van der Waals surface area contributed by atoms with Crippen molar-refractivity contribution >= 4 is 34.5 Å². The first-order valence-electron chi connectivity index (χ1n) is 9.84. The topological polar surface area (TPSA) is 106 Å². The summed E-state index contributed by atoms with van der Waals surface area (Å²) >= 11 is 0. The van der Waals surface area contributed by atoms with Crippen LogP contribution in [0.5, 0.6) is 0 Å². The quantitative estimate of drug-likeness (QED) is 0.845. The minimum absolute atomic E-state index is 0.0576.